The highest BCUT2D eigenvalue weighted by Crippen LogP contribution is 2.30. The smallest absolute Gasteiger partial charge is 0.311 e. The lowest BCUT2D eigenvalue weighted by Crippen LogP contribution is -2.12. The summed E-state index contributed by atoms with van der Waals surface area (Å²) in [7, 11) is 0. The molecule has 0 aliphatic carbocycles. The first kappa shape index (κ1) is 23.0. The van der Waals surface area contributed by atoms with E-state index in [1.165, 1.54) is 0 Å². The van der Waals surface area contributed by atoms with E-state index < -0.39 is 5.97 Å². The first-order valence-electron chi connectivity index (χ1n) is 11.0. The summed E-state index contributed by atoms with van der Waals surface area (Å²) in [6.07, 6.45) is -0.285. The molecule has 1 N–H and O–H groups in total. The molecule has 4 aromatic rings. The van der Waals surface area contributed by atoms with Crippen LogP contribution in [0.3, 0.4) is 0 Å². The van der Waals surface area contributed by atoms with Crippen LogP contribution in [0.4, 0.5) is 0 Å². The molecule has 0 saturated carbocycles. The first-order valence-corrected chi connectivity index (χ1v) is 11.0. The summed E-state index contributed by atoms with van der Waals surface area (Å²) in [5.74, 6) is -0.652. The summed E-state index contributed by atoms with van der Waals surface area (Å²) in [4.78, 5) is 23.5. The lowest BCUT2D eigenvalue weighted by molar-refractivity contribution is -0.147. The third kappa shape index (κ3) is 5.41. The average Bonchev–Trinajstić information content (AvgIpc) is 3.19. The summed E-state index contributed by atoms with van der Waals surface area (Å²) >= 11 is 0. The number of aromatic nitrogens is 1. The number of aliphatic carboxylic acids is 1. The van der Waals surface area contributed by atoms with E-state index in [4.69, 9.17) is 14.4 Å². The van der Waals surface area contributed by atoms with Gasteiger partial charge >= 0.3 is 11.9 Å². The third-order valence-electron chi connectivity index (χ3n) is 5.67. The maximum absolute atomic E-state index is 12.6. The third-order valence-corrected chi connectivity index (χ3v) is 5.67. The Labute approximate surface area is 197 Å². The number of benzene rings is 3. The van der Waals surface area contributed by atoms with Crippen LogP contribution >= 0.6 is 0 Å². The Kier molecular flexibility index (Phi) is 6.87. The number of nitrogens with zero attached hydrogens (tertiary/aromatic N) is 1. The highest BCUT2D eigenvalue weighted by Gasteiger charge is 2.20. The summed E-state index contributed by atoms with van der Waals surface area (Å²) in [5, 5.41) is 13.0. The fourth-order valence-electron chi connectivity index (χ4n) is 3.80. The maximum Gasteiger partial charge on any atom is 0.311 e. The Hall–Kier alpha value is -4.19. The topological polar surface area (TPSA) is 89.6 Å². The summed E-state index contributed by atoms with van der Waals surface area (Å²) in [5.41, 5.74) is 5.82. The van der Waals surface area contributed by atoms with Crippen LogP contribution in [-0.4, -0.2) is 22.2 Å². The molecule has 172 valence electrons. The van der Waals surface area contributed by atoms with Crippen molar-refractivity contribution in [1.29, 1.82) is 0 Å². The van der Waals surface area contributed by atoms with Crippen LogP contribution < -0.4 is 0 Å². The van der Waals surface area contributed by atoms with Crippen molar-refractivity contribution in [2.24, 2.45) is 0 Å². The molecule has 0 amide bonds. The van der Waals surface area contributed by atoms with Crippen molar-refractivity contribution in [2.75, 3.05) is 0 Å². The normalized spacial score (nSPS) is 11.7. The minimum atomic E-state index is -0.853. The molecule has 6 nitrogen and oxygen atoms in total. The second-order valence-corrected chi connectivity index (χ2v) is 8.14. The van der Waals surface area contributed by atoms with Crippen molar-refractivity contribution in [3.63, 3.8) is 0 Å². The zero-order valence-corrected chi connectivity index (χ0v) is 19.0. The molecule has 0 spiro atoms. The molecule has 0 aliphatic rings. The van der Waals surface area contributed by atoms with Gasteiger partial charge in [-0.3, -0.25) is 9.59 Å². The number of carbonyl (C=O) groups excluding carboxylic acids is 1. The minimum absolute atomic E-state index is 0.000595. The van der Waals surface area contributed by atoms with E-state index in [-0.39, 0.29) is 24.9 Å². The summed E-state index contributed by atoms with van der Waals surface area (Å²) in [6, 6.07) is 24.8. The number of carboxylic acid groups (broad SMARTS) is 1. The van der Waals surface area contributed by atoms with Crippen LogP contribution in [0.2, 0.25) is 0 Å². The molecular weight excluding hydrogens is 430 g/mol. The first-order chi connectivity index (χ1) is 16.4. The zero-order valence-electron chi connectivity index (χ0n) is 19.0. The van der Waals surface area contributed by atoms with Gasteiger partial charge < -0.3 is 14.4 Å². The van der Waals surface area contributed by atoms with Crippen molar-refractivity contribution in [2.45, 2.75) is 32.8 Å². The van der Waals surface area contributed by atoms with E-state index in [1.807, 2.05) is 92.7 Å². The van der Waals surface area contributed by atoms with E-state index in [0.717, 1.165) is 27.8 Å². The van der Waals surface area contributed by atoms with Crippen molar-refractivity contribution in [3.05, 3.63) is 101 Å². The van der Waals surface area contributed by atoms with Gasteiger partial charge in [0.25, 0.3) is 0 Å². The zero-order chi connectivity index (χ0) is 24.1. The Bertz CT molecular complexity index is 1270. The Morgan fingerprint density at radius 3 is 2.09 bits per heavy atom. The predicted molar refractivity (Wildman–Crippen MR) is 128 cm³/mol. The molecule has 4 rings (SSSR count). The van der Waals surface area contributed by atoms with Gasteiger partial charge in [0.1, 0.15) is 6.10 Å². The lowest BCUT2D eigenvalue weighted by Gasteiger charge is -2.13. The van der Waals surface area contributed by atoms with Gasteiger partial charge in [0.15, 0.2) is 5.76 Å². The number of carboxylic acids is 1. The fourth-order valence-corrected chi connectivity index (χ4v) is 3.80. The summed E-state index contributed by atoms with van der Waals surface area (Å²) in [6.45, 7) is 3.66. The van der Waals surface area contributed by atoms with Crippen molar-refractivity contribution < 1.29 is 24.0 Å². The highest BCUT2D eigenvalue weighted by atomic mass is 16.5. The summed E-state index contributed by atoms with van der Waals surface area (Å²) < 4.78 is 11.2. The molecular formula is C28H25NO5. The lowest BCUT2D eigenvalue weighted by atomic mass is 9.99. The molecule has 1 heterocycles. The van der Waals surface area contributed by atoms with Crippen LogP contribution in [0, 0.1) is 6.92 Å². The Morgan fingerprint density at radius 1 is 0.882 bits per heavy atom. The van der Waals surface area contributed by atoms with Crippen LogP contribution in [0.25, 0.3) is 22.5 Å². The average molecular weight is 456 g/mol. The van der Waals surface area contributed by atoms with Crippen LogP contribution in [0.1, 0.15) is 35.4 Å². The largest absolute Gasteiger partial charge is 0.481 e. The molecule has 0 fully saturated rings. The van der Waals surface area contributed by atoms with Crippen LogP contribution in [-0.2, 0) is 27.2 Å². The molecule has 0 saturated heterocycles. The Morgan fingerprint density at radius 2 is 1.47 bits per heavy atom. The number of aryl methyl sites for hydroxylation is 1. The second-order valence-electron chi connectivity index (χ2n) is 8.14. The van der Waals surface area contributed by atoms with E-state index in [2.05, 4.69) is 5.16 Å². The quantitative estimate of drug-likeness (QED) is 0.338. The standard InChI is InChI=1S/C28H25NO5/c1-18-25(17-27(32)33-19(2)21-6-4-3-5-7-21)28(34-29-18)24-14-12-23(13-15-24)22-10-8-20(9-11-22)16-26(30)31/h3-15,19H,16-17H2,1-2H3,(H,30,31)/t19-/m1/s1. The van der Waals surface area contributed by atoms with Crippen molar-refractivity contribution in [3.8, 4) is 22.5 Å². The van der Waals surface area contributed by atoms with Crippen molar-refractivity contribution in [1.82, 2.24) is 5.16 Å². The molecule has 34 heavy (non-hydrogen) atoms. The van der Waals surface area contributed by atoms with Gasteiger partial charge in [0, 0.05) is 11.1 Å². The second kappa shape index (κ2) is 10.2. The van der Waals surface area contributed by atoms with E-state index in [9.17, 15) is 9.59 Å². The molecule has 0 unspecified atom stereocenters. The molecule has 3 aromatic carbocycles. The van der Waals surface area contributed by atoms with Gasteiger partial charge in [-0.15, -0.1) is 0 Å². The molecule has 6 heteroatoms. The van der Waals surface area contributed by atoms with Crippen molar-refractivity contribution >= 4 is 11.9 Å². The number of carbonyl (C=O) groups is 2. The van der Waals surface area contributed by atoms with Gasteiger partial charge in [0.05, 0.1) is 18.5 Å². The van der Waals surface area contributed by atoms with E-state index in [1.54, 1.807) is 0 Å². The number of esters is 1. The predicted octanol–water partition coefficient (Wildman–Crippen LogP) is 5.79. The molecule has 1 aromatic heterocycles. The Balaban J connectivity index is 1.48. The van der Waals surface area contributed by atoms with Gasteiger partial charge in [-0.2, -0.15) is 0 Å². The molecule has 0 radical (unpaired) electrons. The number of hydrogen-bond donors (Lipinski definition) is 1. The van der Waals surface area contributed by atoms with Gasteiger partial charge in [-0.1, -0.05) is 84.0 Å². The van der Waals surface area contributed by atoms with Crippen LogP contribution in [0.5, 0.6) is 0 Å². The SMILES string of the molecule is Cc1noc(-c2ccc(-c3ccc(CC(=O)O)cc3)cc2)c1CC(=O)O[C@H](C)c1ccccc1. The maximum atomic E-state index is 12.6. The van der Waals surface area contributed by atoms with E-state index >= 15 is 0 Å². The van der Waals surface area contributed by atoms with E-state index in [0.29, 0.717) is 17.0 Å². The molecule has 1 atom stereocenters. The number of ether oxygens (including phenoxy) is 1. The van der Waals surface area contributed by atoms with Gasteiger partial charge in [-0.25, -0.2) is 0 Å². The number of hydrogen-bond acceptors (Lipinski definition) is 5. The highest BCUT2D eigenvalue weighted by molar-refractivity contribution is 5.78. The molecule has 0 bridgehead atoms. The fraction of sp³-hybridized carbons (Fsp3) is 0.179. The van der Waals surface area contributed by atoms with Crippen LogP contribution in [0.15, 0.2) is 83.4 Å². The minimum Gasteiger partial charge on any atom is -0.481 e. The monoisotopic (exact) mass is 455 g/mol. The number of rotatable bonds is 8. The van der Waals surface area contributed by atoms with Gasteiger partial charge in [0.2, 0.25) is 0 Å². The molecule has 0 aliphatic heterocycles. The van der Waals surface area contributed by atoms with Gasteiger partial charge in [-0.05, 0) is 36.1 Å².